The molecule has 23 heavy (non-hydrogen) atoms. The minimum atomic E-state index is -0.184. The number of aryl methyl sites for hydroxylation is 2. The molecule has 0 atom stereocenters. The molecule has 0 radical (unpaired) electrons. The number of nitrogens with one attached hydrogen (secondary N) is 1. The Kier molecular flexibility index (Phi) is 4.58. The van der Waals surface area contributed by atoms with Crippen LogP contribution in [-0.4, -0.2) is 16.1 Å². The van der Waals surface area contributed by atoms with Crippen molar-refractivity contribution in [3.8, 4) is 10.8 Å². The fraction of sp³-hybridized carbons (Fsp3) is 0.188. The predicted octanol–water partition coefficient (Wildman–Crippen LogP) is 4.36. The van der Waals surface area contributed by atoms with Gasteiger partial charge in [0.2, 0.25) is 5.91 Å². The summed E-state index contributed by atoms with van der Waals surface area (Å²) in [6.07, 6.45) is 0.267. The maximum absolute atomic E-state index is 12.1. The molecule has 0 aliphatic rings. The van der Waals surface area contributed by atoms with Crippen LogP contribution >= 0.6 is 27.3 Å². The fourth-order valence-electron chi connectivity index (χ4n) is 2.06. The molecule has 0 aliphatic heterocycles. The second-order valence-electron chi connectivity index (χ2n) is 5.16. The molecular weight excluding hydrogens is 378 g/mol. The standard InChI is InChI=1S/C16H14BrN3O2S/c1-9-3-4-11(7-10(9)2)8-14(21)18-16-20-19-15(22-16)12-5-6-13(17)23-12/h3-7H,8H2,1-2H3,(H,18,20,21). The van der Waals surface area contributed by atoms with Gasteiger partial charge in [0.25, 0.3) is 5.89 Å². The highest BCUT2D eigenvalue weighted by atomic mass is 79.9. The van der Waals surface area contributed by atoms with Crippen molar-refractivity contribution >= 4 is 39.2 Å². The molecule has 2 aromatic heterocycles. The quantitative estimate of drug-likeness (QED) is 0.717. The molecule has 0 saturated carbocycles. The summed E-state index contributed by atoms with van der Waals surface area (Å²) in [4.78, 5) is 12.9. The summed E-state index contributed by atoms with van der Waals surface area (Å²) in [5.41, 5.74) is 3.32. The van der Waals surface area contributed by atoms with Crippen LogP contribution in [0.2, 0.25) is 0 Å². The number of nitrogens with zero attached hydrogens (tertiary/aromatic N) is 2. The Hall–Kier alpha value is -1.99. The van der Waals surface area contributed by atoms with Crippen LogP contribution in [0, 0.1) is 13.8 Å². The normalized spacial score (nSPS) is 10.7. The number of thiophene rings is 1. The van der Waals surface area contributed by atoms with Gasteiger partial charge >= 0.3 is 6.01 Å². The van der Waals surface area contributed by atoms with Gasteiger partial charge in [0.15, 0.2) is 0 Å². The van der Waals surface area contributed by atoms with E-state index in [1.807, 2.05) is 44.2 Å². The van der Waals surface area contributed by atoms with Crippen LogP contribution in [0.25, 0.3) is 10.8 Å². The van der Waals surface area contributed by atoms with Gasteiger partial charge < -0.3 is 4.42 Å². The van der Waals surface area contributed by atoms with Gasteiger partial charge in [0.1, 0.15) is 0 Å². The second kappa shape index (κ2) is 6.64. The number of benzene rings is 1. The number of rotatable bonds is 4. The number of amides is 1. The average Bonchev–Trinajstić information content (AvgIpc) is 3.12. The van der Waals surface area contributed by atoms with Gasteiger partial charge in [-0.05, 0) is 58.6 Å². The van der Waals surface area contributed by atoms with Gasteiger partial charge in [0.05, 0.1) is 15.1 Å². The Morgan fingerprint density at radius 3 is 2.74 bits per heavy atom. The first kappa shape index (κ1) is 15.9. The lowest BCUT2D eigenvalue weighted by atomic mass is 10.0. The third kappa shape index (κ3) is 3.86. The monoisotopic (exact) mass is 391 g/mol. The molecule has 2 heterocycles. The molecule has 0 saturated heterocycles. The van der Waals surface area contributed by atoms with Crippen molar-refractivity contribution in [2.24, 2.45) is 0 Å². The third-order valence-electron chi connectivity index (χ3n) is 3.39. The van der Waals surface area contributed by atoms with Gasteiger partial charge in [-0.3, -0.25) is 10.1 Å². The molecule has 118 valence electrons. The van der Waals surface area contributed by atoms with Crippen molar-refractivity contribution in [3.63, 3.8) is 0 Å². The summed E-state index contributed by atoms with van der Waals surface area (Å²) >= 11 is 4.87. The first-order valence-corrected chi connectivity index (χ1v) is 8.57. The van der Waals surface area contributed by atoms with Crippen LogP contribution in [0.1, 0.15) is 16.7 Å². The molecule has 7 heteroatoms. The molecule has 3 aromatic rings. The summed E-state index contributed by atoms with van der Waals surface area (Å²) in [6.45, 7) is 4.07. The topological polar surface area (TPSA) is 68.0 Å². The molecular formula is C16H14BrN3O2S. The minimum absolute atomic E-state index is 0.110. The van der Waals surface area contributed by atoms with Gasteiger partial charge in [-0.15, -0.1) is 16.4 Å². The maximum Gasteiger partial charge on any atom is 0.322 e. The molecule has 3 rings (SSSR count). The number of aromatic nitrogens is 2. The summed E-state index contributed by atoms with van der Waals surface area (Å²) in [5, 5.41) is 10.4. The lowest BCUT2D eigenvalue weighted by Crippen LogP contribution is -2.14. The summed E-state index contributed by atoms with van der Waals surface area (Å²) in [7, 11) is 0. The zero-order chi connectivity index (χ0) is 16.4. The summed E-state index contributed by atoms with van der Waals surface area (Å²) in [6, 6.07) is 9.86. The highest BCUT2D eigenvalue weighted by Gasteiger charge is 2.13. The van der Waals surface area contributed by atoms with Crippen molar-refractivity contribution in [1.29, 1.82) is 0 Å². The van der Waals surface area contributed by atoms with E-state index in [2.05, 4.69) is 31.4 Å². The lowest BCUT2D eigenvalue weighted by molar-refractivity contribution is -0.115. The van der Waals surface area contributed by atoms with E-state index >= 15 is 0 Å². The summed E-state index contributed by atoms with van der Waals surface area (Å²) < 4.78 is 6.45. The number of anilines is 1. The molecule has 5 nitrogen and oxygen atoms in total. The van der Waals surface area contributed by atoms with E-state index in [4.69, 9.17) is 4.42 Å². The Labute approximate surface area is 145 Å². The molecule has 1 aromatic carbocycles. The van der Waals surface area contributed by atoms with Crippen LogP contribution < -0.4 is 5.32 Å². The number of carbonyl (C=O) groups excluding carboxylic acids is 1. The van der Waals surface area contributed by atoms with Gasteiger partial charge in [-0.2, -0.15) is 0 Å². The Morgan fingerprint density at radius 2 is 2.04 bits per heavy atom. The molecule has 1 amide bonds. The first-order valence-electron chi connectivity index (χ1n) is 6.96. The van der Waals surface area contributed by atoms with Gasteiger partial charge in [0, 0.05) is 0 Å². The van der Waals surface area contributed by atoms with Crippen LogP contribution in [0.4, 0.5) is 6.01 Å². The van der Waals surface area contributed by atoms with Crippen molar-refractivity contribution in [2.75, 3.05) is 5.32 Å². The molecule has 0 fully saturated rings. The van der Waals surface area contributed by atoms with Crippen molar-refractivity contribution in [2.45, 2.75) is 20.3 Å². The van der Waals surface area contributed by atoms with E-state index in [-0.39, 0.29) is 18.3 Å². The lowest BCUT2D eigenvalue weighted by Gasteiger charge is -2.04. The van der Waals surface area contributed by atoms with E-state index < -0.39 is 0 Å². The van der Waals surface area contributed by atoms with Gasteiger partial charge in [-0.1, -0.05) is 23.3 Å². The largest absolute Gasteiger partial charge is 0.402 e. The van der Waals surface area contributed by atoms with Crippen molar-refractivity contribution < 1.29 is 9.21 Å². The van der Waals surface area contributed by atoms with E-state index in [1.54, 1.807) is 0 Å². The molecule has 0 unspecified atom stereocenters. The number of carbonyl (C=O) groups is 1. The van der Waals surface area contributed by atoms with E-state index in [0.29, 0.717) is 5.89 Å². The second-order valence-corrected chi connectivity index (χ2v) is 7.62. The zero-order valence-corrected chi connectivity index (χ0v) is 15.0. The number of hydrogen-bond donors (Lipinski definition) is 1. The smallest absolute Gasteiger partial charge is 0.322 e. The van der Waals surface area contributed by atoms with Crippen LogP contribution in [0.3, 0.4) is 0 Å². The van der Waals surface area contributed by atoms with Crippen LogP contribution in [0.15, 0.2) is 38.5 Å². The van der Waals surface area contributed by atoms with E-state index in [1.165, 1.54) is 22.5 Å². The predicted molar refractivity (Wildman–Crippen MR) is 93.6 cm³/mol. The Morgan fingerprint density at radius 1 is 1.22 bits per heavy atom. The average molecular weight is 392 g/mol. The van der Waals surface area contributed by atoms with Crippen LogP contribution in [-0.2, 0) is 11.2 Å². The summed E-state index contributed by atoms with van der Waals surface area (Å²) in [5.74, 6) is 0.206. The number of hydrogen-bond acceptors (Lipinski definition) is 5. The van der Waals surface area contributed by atoms with Crippen molar-refractivity contribution in [3.05, 3.63) is 50.8 Å². The Bertz CT molecular complexity index is 857. The molecule has 0 bridgehead atoms. The van der Waals surface area contributed by atoms with Gasteiger partial charge in [-0.25, -0.2) is 0 Å². The first-order chi connectivity index (χ1) is 11.0. The molecule has 1 N–H and O–H groups in total. The minimum Gasteiger partial charge on any atom is -0.402 e. The highest BCUT2D eigenvalue weighted by Crippen LogP contribution is 2.30. The van der Waals surface area contributed by atoms with E-state index in [0.717, 1.165) is 14.2 Å². The van der Waals surface area contributed by atoms with E-state index in [9.17, 15) is 4.79 Å². The molecule has 0 spiro atoms. The molecule has 0 aliphatic carbocycles. The zero-order valence-electron chi connectivity index (χ0n) is 12.6. The third-order valence-corrected chi connectivity index (χ3v) is 5.00. The maximum atomic E-state index is 12.1. The fourth-order valence-corrected chi connectivity index (χ4v) is 3.37. The highest BCUT2D eigenvalue weighted by molar-refractivity contribution is 9.11. The van der Waals surface area contributed by atoms with Crippen LogP contribution in [0.5, 0.6) is 0 Å². The Balaban J connectivity index is 1.66. The van der Waals surface area contributed by atoms with Crippen molar-refractivity contribution in [1.82, 2.24) is 10.2 Å². The number of halogens is 1. The SMILES string of the molecule is Cc1ccc(CC(=O)Nc2nnc(-c3ccc(Br)s3)o2)cc1C.